The highest BCUT2D eigenvalue weighted by Crippen LogP contribution is 2.30. The first-order valence-corrected chi connectivity index (χ1v) is 29.2. The van der Waals surface area contributed by atoms with Gasteiger partial charge in [0.1, 0.15) is 48.8 Å². The van der Waals surface area contributed by atoms with Crippen molar-refractivity contribution < 1.29 is 64.6 Å². The molecule has 0 bridgehead atoms. The molecule has 12 atom stereocenters. The number of allylic oxidation sites excluding steroid dienone is 11. The van der Waals surface area contributed by atoms with Crippen LogP contribution in [-0.2, 0) is 23.7 Å². The molecule has 0 aliphatic carbocycles. The Bertz CT molecular complexity index is 1520. The Morgan fingerprint density at radius 3 is 1.43 bits per heavy atom. The number of unbranched alkanes of at least 4 members (excludes halogenated alkanes) is 22. The van der Waals surface area contributed by atoms with E-state index >= 15 is 0 Å². The van der Waals surface area contributed by atoms with Gasteiger partial charge in [-0.15, -0.1) is 0 Å². The molecule has 2 aliphatic rings. The predicted molar refractivity (Wildman–Crippen MR) is 295 cm³/mol. The number of hydrogen-bond acceptors (Lipinski definition) is 13. The summed E-state index contributed by atoms with van der Waals surface area (Å²) in [5.74, 6) is -0.245. The van der Waals surface area contributed by atoms with Gasteiger partial charge in [-0.2, -0.15) is 0 Å². The summed E-state index contributed by atoms with van der Waals surface area (Å²) in [6.45, 7) is 2.60. The summed E-state index contributed by atoms with van der Waals surface area (Å²) < 4.78 is 22.6. The van der Waals surface area contributed by atoms with Crippen LogP contribution in [0.1, 0.15) is 206 Å². The average molecular weight is 1050 g/mol. The van der Waals surface area contributed by atoms with E-state index in [0.717, 1.165) is 83.5 Å². The summed E-state index contributed by atoms with van der Waals surface area (Å²) in [5, 5.41) is 86.6. The molecule has 0 aromatic carbocycles. The summed E-state index contributed by atoms with van der Waals surface area (Å²) in [4.78, 5) is 13.2. The SMILES string of the molecule is CC/C=C\C/C=C\C/C=C\C/C=C\C/C=C\CCCCCCCCCCCCCCCCCCCC(=O)NC(COC1OC(CO)C(OC2OC(CO)C(O)C(O)C2O)C(O)C1O)C(O)/C=C/CCCCCCC. The summed E-state index contributed by atoms with van der Waals surface area (Å²) in [5.41, 5.74) is 0. The maximum absolute atomic E-state index is 13.2. The van der Waals surface area contributed by atoms with E-state index in [2.05, 4.69) is 79.9 Å². The molecule has 0 radical (unpaired) electrons. The summed E-state index contributed by atoms with van der Waals surface area (Å²) >= 11 is 0. The zero-order chi connectivity index (χ0) is 53.9. The quantitative estimate of drug-likeness (QED) is 0.0205. The van der Waals surface area contributed by atoms with Gasteiger partial charge in [-0.05, 0) is 64.2 Å². The minimum atomic E-state index is -1.79. The lowest BCUT2D eigenvalue weighted by atomic mass is 9.97. The lowest BCUT2D eigenvalue weighted by molar-refractivity contribution is -0.359. The van der Waals surface area contributed by atoms with Gasteiger partial charge in [-0.1, -0.05) is 209 Å². The molecule has 74 heavy (non-hydrogen) atoms. The second-order valence-corrected chi connectivity index (χ2v) is 20.4. The topological polar surface area (TPSA) is 228 Å². The fourth-order valence-corrected chi connectivity index (χ4v) is 9.20. The fourth-order valence-electron chi connectivity index (χ4n) is 9.20. The van der Waals surface area contributed by atoms with E-state index in [9.17, 15) is 45.6 Å². The van der Waals surface area contributed by atoms with Crippen molar-refractivity contribution in [3.05, 3.63) is 72.9 Å². The van der Waals surface area contributed by atoms with E-state index in [0.29, 0.717) is 6.42 Å². The van der Waals surface area contributed by atoms with Crippen molar-refractivity contribution in [2.75, 3.05) is 19.8 Å². The largest absolute Gasteiger partial charge is 0.394 e. The van der Waals surface area contributed by atoms with Crippen molar-refractivity contribution in [3.63, 3.8) is 0 Å². The first-order valence-electron chi connectivity index (χ1n) is 29.2. The first kappa shape index (κ1) is 67.5. The molecule has 1 amide bonds. The third-order valence-electron chi connectivity index (χ3n) is 13.9. The Morgan fingerprint density at radius 2 is 0.932 bits per heavy atom. The maximum atomic E-state index is 13.2. The van der Waals surface area contributed by atoms with Gasteiger partial charge in [-0.3, -0.25) is 4.79 Å². The summed E-state index contributed by atoms with van der Waals surface area (Å²) in [6, 6.07) is -0.913. The highest BCUT2D eigenvalue weighted by molar-refractivity contribution is 5.76. The molecule has 0 aromatic rings. The number of carbonyl (C=O) groups excluding carboxylic acids is 1. The second kappa shape index (κ2) is 45.4. The molecule has 0 aromatic heterocycles. The average Bonchev–Trinajstić information content (AvgIpc) is 3.40. The monoisotopic (exact) mass is 1050 g/mol. The number of hydrogen-bond donors (Lipinski definition) is 9. The molecule has 14 nitrogen and oxygen atoms in total. The number of carbonyl (C=O) groups is 1. The van der Waals surface area contributed by atoms with Gasteiger partial charge in [-0.25, -0.2) is 0 Å². The third-order valence-corrected chi connectivity index (χ3v) is 13.9. The van der Waals surface area contributed by atoms with Crippen LogP contribution in [0.2, 0.25) is 0 Å². The van der Waals surface area contributed by atoms with Crippen LogP contribution in [0.25, 0.3) is 0 Å². The minimum absolute atomic E-state index is 0.245. The Hall–Kier alpha value is -2.57. The van der Waals surface area contributed by atoms with Crippen molar-refractivity contribution in [1.82, 2.24) is 5.32 Å². The minimum Gasteiger partial charge on any atom is -0.394 e. The lowest BCUT2D eigenvalue weighted by Crippen LogP contribution is -2.65. The normalized spacial score (nSPS) is 25.8. The summed E-state index contributed by atoms with van der Waals surface area (Å²) in [6.07, 6.45) is 42.9. The van der Waals surface area contributed by atoms with Crippen molar-refractivity contribution in [3.8, 4) is 0 Å². The van der Waals surface area contributed by atoms with Gasteiger partial charge in [0.2, 0.25) is 5.91 Å². The number of ether oxygens (including phenoxy) is 4. The van der Waals surface area contributed by atoms with E-state index in [4.69, 9.17) is 18.9 Å². The van der Waals surface area contributed by atoms with Gasteiger partial charge in [0.15, 0.2) is 12.6 Å². The summed E-state index contributed by atoms with van der Waals surface area (Å²) in [7, 11) is 0. The van der Waals surface area contributed by atoms with Crippen molar-refractivity contribution in [1.29, 1.82) is 0 Å². The van der Waals surface area contributed by atoms with Crippen LogP contribution in [0.4, 0.5) is 0 Å². The molecule has 2 aliphatic heterocycles. The zero-order valence-electron chi connectivity index (χ0n) is 45.8. The van der Waals surface area contributed by atoms with E-state index in [1.807, 2.05) is 6.08 Å². The molecule has 0 spiro atoms. The van der Waals surface area contributed by atoms with Gasteiger partial charge >= 0.3 is 0 Å². The van der Waals surface area contributed by atoms with Crippen molar-refractivity contribution in [2.45, 2.75) is 280 Å². The van der Waals surface area contributed by atoms with Crippen molar-refractivity contribution in [2.24, 2.45) is 0 Å². The molecule has 2 fully saturated rings. The maximum Gasteiger partial charge on any atom is 0.220 e. The van der Waals surface area contributed by atoms with Crippen LogP contribution in [0.5, 0.6) is 0 Å². The molecule has 2 saturated heterocycles. The number of nitrogens with one attached hydrogen (secondary N) is 1. The number of amides is 1. The number of aliphatic hydroxyl groups is 8. The zero-order valence-corrected chi connectivity index (χ0v) is 45.8. The molecule has 428 valence electrons. The molecule has 0 saturated carbocycles. The Balaban J connectivity index is 1.58. The van der Waals surface area contributed by atoms with Crippen LogP contribution in [0.15, 0.2) is 72.9 Å². The third kappa shape index (κ3) is 31.0. The molecule has 12 unspecified atom stereocenters. The number of rotatable bonds is 45. The molecular formula is C60H105NO13. The molecule has 14 heteroatoms. The first-order chi connectivity index (χ1) is 36.1. The number of aliphatic hydroxyl groups excluding tert-OH is 8. The van der Waals surface area contributed by atoms with Crippen molar-refractivity contribution >= 4 is 5.91 Å². The lowest BCUT2D eigenvalue weighted by Gasteiger charge is -2.46. The standard InChI is InChI=1S/C60H105NO13/c1-3-5-7-9-11-12-13-14-15-16-17-18-19-20-21-22-23-24-25-26-27-28-29-30-31-32-33-34-35-36-38-40-42-44-52(65)61-48(49(64)43-41-39-37-10-8-6-4-2)47-71-59-57(70)55(68)58(51(46-63)73-59)74-60-56(69)54(67)53(66)50(45-62)72-60/h5,7,11-12,14-15,17-18,20-21,41,43,48-51,53-60,62-64,66-70H,3-4,6,8-10,13,16,19,22-40,42,44-47H2,1-2H3,(H,61,65)/b7-5-,12-11-,15-14-,18-17-,21-20-,43-41+. The molecule has 2 rings (SSSR count). The molecule has 9 N–H and O–H groups in total. The van der Waals surface area contributed by atoms with E-state index in [-0.39, 0.29) is 18.9 Å². The van der Waals surface area contributed by atoms with Crippen LogP contribution in [0.3, 0.4) is 0 Å². The Kier molecular flexibility index (Phi) is 41.5. The van der Waals surface area contributed by atoms with Crippen LogP contribution >= 0.6 is 0 Å². The molecule has 2 heterocycles. The second-order valence-electron chi connectivity index (χ2n) is 20.4. The predicted octanol–water partition coefficient (Wildman–Crippen LogP) is 9.55. The fraction of sp³-hybridized carbons (Fsp3) is 0.783. The van der Waals surface area contributed by atoms with Gasteiger partial charge in [0.25, 0.3) is 0 Å². The van der Waals surface area contributed by atoms with Crippen LogP contribution < -0.4 is 5.32 Å². The van der Waals surface area contributed by atoms with Crippen LogP contribution in [0, 0.1) is 0 Å². The van der Waals surface area contributed by atoms with Crippen LogP contribution in [-0.4, -0.2) is 140 Å². The highest BCUT2D eigenvalue weighted by atomic mass is 16.7. The van der Waals surface area contributed by atoms with E-state index in [1.54, 1.807) is 6.08 Å². The molecular weight excluding hydrogens is 943 g/mol. The highest BCUT2D eigenvalue weighted by Gasteiger charge is 2.51. The Morgan fingerprint density at radius 1 is 0.500 bits per heavy atom. The van der Waals surface area contributed by atoms with E-state index < -0.39 is 86.8 Å². The smallest absolute Gasteiger partial charge is 0.220 e. The van der Waals surface area contributed by atoms with Gasteiger partial charge in [0.05, 0.1) is 32.0 Å². The van der Waals surface area contributed by atoms with Gasteiger partial charge < -0.3 is 65.1 Å². The van der Waals surface area contributed by atoms with E-state index in [1.165, 1.54) is 96.3 Å². The van der Waals surface area contributed by atoms with Gasteiger partial charge in [0, 0.05) is 6.42 Å². The Labute approximate surface area is 447 Å².